The quantitative estimate of drug-likeness (QED) is 0.654. The lowest BCUT2D eigenvalue weighted by Crippen LogP contribution is -2.45. The number of aromatic nitrogens is 4. The summed E-state index contributed by atoms with van der Waals surface area (Å²) in [6, 6.07) is 3.90. The van der Waals surface area contributed by atoms with E-state index in [-0.39, 0.29) is 29.5 Å². The van der Waals surface area contributed by atoms with E-state index in [0.717, 1.165) is 30.3 Å². The fourth-order valence-electron chi connectivity index (χ4n) is 4.26. The van der Waals surface area contributed by atoms with Crippen molar-refractivity contribution in [3.05, 3.63) is 69.2 Å². The second kappa shape index (κ2) is 7.17. The number of urea groups is 1. The summed E-state index contributed by atoms with van der Waals surface area (Å²) in [5, 5.41) is 9.74. The number of carbonyl (C=O) groups excluding carboxylic acids is 1. The number of fused-ring (bicyclic) bond motifs is 4. The van der Waals surface area contributed by atoms with Gasteiger partial charge in [0, 0.05) is 41.7 Å². The van der Waals surface area contributed by atoms with E-state index < -0.39 is 5.82 Å². The molecule has 2 N–H and O–H groups in total. The van der Waals surface area contributed by atoms with Crippen LogP contribution in [0, 0.1) is 5.82 Å². The number of amides is 2. The van der Waals surface area contributed by atoms with E-state index >= 15 is 0 Å². The fourth-order valence-corrected chi connectivity index (χ4v) is 4.52. The van der Waals surface area contributed by atoms with Crippen molar-refractivity contribution >= 4 is 23.4 Å². The summed E-state index contributed by atoms with van der Waals surface area (Å²) in [6.07, 6.45) is 6.28. The van der Waals surface area contributed by atoms with Gasteiger partial charge >= 0.3 is 6.03 Å². The highest BCUT2D eigenvalue weighted by Crippen LogP contribution is 2.42. The molecule has 0 aromatic carbocycles. The summed E-state index contributed by atoms with van der Waals surface area (Å²) in [5.41, 5.74) is 2.40. The Morgan fingerprint density at radius 1 is 1.23 bits per heavy atom. The maximum absolute atomic E-state index is 13.4. The third-order valence-electron chi connectivity index (χ3n) is 5.53. The zero-order valence-electron chi connectivity index (χ0n) is 15.6. The van der Waals surface area contributed by atoms with Gasteiger partial charge in [-0.15, -0.1) is 0 Å². The molecular formula is C20H16ClFN6O2. The second-order valence-corrected chi connectivity index (χ2v) is 7.78. The molecule has 2 bridgehead atoms. The topological polar surface area (TPSA) is 104 Å². The molecule has 1 saturated heterocycles. The van der Waals surface area contributed by atoms with E-state index in [1.54, 1.807) is 11.0 Å². The molecule has 152 valence electrons. The summed E-state index contributed by atoms with van der Waals surface area (Å²) in [7, 11) is 0. The molecule has 3 aromatic heterocycles. The van der Waals surface area contributed by atoms with Gasteiger partial charge in [0.1, 0.15) is 11.6 Å². The highest BCUT2D eigenvalue weighted by atomic mass is 35.5. The molecule has 5 rings (SSSR count). The zero-order chi connectivity index (χ0) is 20.8. The van der Waals surface area contributed by atoms with Crippen molar-refractivity contribution in [2.45, 2.75) is 31.3 Å². The Bertz CT molecular complexity index is 1220. The molecular weight excluding hydrogens is 411 g/mol. The summed E-state index contributed by atoms with van der Waals surface area (Å²) >= 11 is 6.34. The Kier molecular flexibility index (Phi) is 4.47. The van der Waals surface area contributed by atoms with E-state index in [4.69, 9.17) is 11.6 Å². The predicted octanol–water partition coefficient (Wildman–Crippen LogP) is 3.31. The zero-order valence-corrected chi connectivity index (χ0v) is 16.4. The van der Waals surface area contributed by atoms with Crippen LogP contribution < -0.4 is 10.9 Å². The molecule has 10 heteroatoms. The third-order valence-corrected chi connectivity index (χ3v) is 5.85. The smallest absolute Gasteiger partial charge is 0.312 e. The van der Waals surface area contributed by atoms with Gasteiger partial charge in [-0.05, 0) is 30.9 Å². The Labute approximate surface area is 175 Å². The first-order valence-electron chi connectivity index (χ1n) is 9.44. The van der Waals surface area contributed by atoms with E-state index in [2.05, 4.69) is 25.5 Å². The largest absolute Gasteiger partial charge is 0.323 e. The standard InChI is InChI=1S/C20H16ClFN6O2/c21-15-6-17(24-9-14(15)11-3-12(22)8-23-7-11)25-20(30)28-13-1-2-16(28)19-10(4-13)5-18(29)26-27-19/h3,5-9,13,16H,1-2,4H2,(H,26,29)(H,24,25,30)/t13-,16+/m0/s1. The van der Waals surface area contributed by atoms with Gasteiger partial charge in [0.05, 0.1) is 23.0 Å². The number of anilines is 1. The number of halogens is 2. The van der Waals surface area contributed by atoms with Crippen molar-refractivity contribution in [3.8, 4) is 11.1 Å². The van der Waals surface area contributed by atoms with Gasteiger partial charge in [0.25, 0.3) is 5.56 Å². The molecule has 2 aliphatic rings. The van der Waals surface area contributed by atoms with Crippen LogP contribution in [0.15, 0.2) is 41.6 Å². The van der Waals surface area contributed by atoms with E-state index in [9.17, 15) is 14.0 Å². The fraction of sp³-hybridized carbons (Fsp3) is 0.250. The molecule has 2 amide bonds. The predicted molar refractivity (Wildman–Crippen MR) is 108 cm³/mol. The Hall–Kier alpha value is -3.33. The maximum Gasteiger partial charge on any atom is 0.323 e. The Morgan fingerprint density at radius 2 is 2.10 bits per heavy atom. The first kappa shape index (κ1) is 18.7. The third kappa shape index (κ3) is 3.21. The van der Waals surface area contributed by atoms with Gasteiger partial charge in [-0.25, -0.2) is 19.3 Å². The Balaban J connectivity index is 1.38. The lowest BCUT2D eigenvalue weighted by molar-refractivity contribution is 0.177. The van der Waals surface area contributed by atoms with Crippen LogP contribution in [0.3, 0.4) is 0 Å². The number of aromatic amines is 1. The van der Waals surface area contributed by atoms with Crippen LogP contribution in [0.4, 0.5) is 15.0 Å². The number of carbonyl (C=O) groups is 1. The lowest BCUT2D eigenvalue weighted by atomic mass is 9.99. The minimum absolute atomic E-state index is 0.000728. The van der Waals surface area contributed by atoms with Crippen LogP contribution in [-0.2, 0) is 6.42 Å². The summed E-state index contributed by atoms with van der Waals surface area (Å²) in [4.78, 5) is 34.4. The molecule has 8 nitrogen and oxygen atoms in total. The van der Waals surface area contributed by atoms with Gasteiger partial charge in [0.15, 0.2) is 0 Å². The number of rotatable bonds is 2. The van der Waals surface area contributed by atoms with Crippen molar-refractivity contribution in [1.82, 2.24) is 25.1 Å². The Morgan fingerprint density at radius 3 is 2.90 bits per heavy atom. The SMILES string of the molecule is O=C(Nc1cc(Cl)c(-c2cncc(F)c2)cn1)N1[C@H]2CC[C@@H]1c1n[nH]c(=O)cc1C2. The maximum atomic E-state index is 13.4. The molecule has 0 radical (unpaired) electrons. The highest BCUT2D eigenvalue weighted by Gasteiger charge is 2.43. The number of pyridine rings is 2. The van der Waals surface area contributed by atoms with Gasteiger partial charge in [-0.1, -0.05) is 11.6 Å². The molecule has 0 spiro atoms. The molecule has 0 unspecified atom stereocenters. The van der Waals surface area contributed by atoms with Crippen molar-refractivity contribution in [3.63, 3.8) is 0 Å². The second-order valence-electron chi connectivity index (χ2n) is 7.37. The monoisotopic (exact) mass is 426 g/mol. The minimum atomic E-state index is -0.475. The van der Waals surface area contributed by atoms with Crippen LogP contribution in [0.2, 0.25) is 5.02 Å². The van der Waals surface area contributed by atoms with Crippen LogP contribution in [0.5, 0.6) is 0 Å². The van der Waals surface area contributed by atoms with Crippen molar-refractivity contribution in [2.75, 3.05) is 5.32 Å². The molecule has 0 saturated carbocycles. The lowest BCUT2D eigenvalue weighted by Gasteiger charge is -2.35. The van der Waals surface area contributed by atoms with E-state index in [1.807, 2.05) is 0 Å². The minimum Gasteiger partial charge on any atom is -0.312 e. The molecule has 1 fully saturated rings. The van der Waals surface area contributed by atoms with Gasteiger partial charge in [-0.2, -0.15) is 5.10 Å². The molecule has 3 aromatic rings. The highest BCUT2D eigenvalue weighted by molar-refractivity contribution is 6.33. The first-order chi connectivity index (χ1) is 14.5. The number of hydrogen-bond donors (Lipinski definition) is 2. The average Bonchev–Trinajstić information content (AvgIpc) is 3.03. The van der Waals surface area contributed by atoms with Crippen molar-refractivity contribution in [1.29, 1.82) is 0 Å². The molecule has 0 aliphatic carbocycles. The van der Waals surface area contributed by atoms with Crippen LogP contribution in [0.1, 0.15) is 30.1 Å². The van der Waals surface area contributed by atoms with Crippen LogP contribution in [0.25, 0.3) is 11.1 Å². The normalized spacial score (nSPS) is 19.5. The van der Waals surface area contributed by atoms with Crippen LogP contribution >= 0.6 is 11.6 Å². The van der Waals surface area contributed by atoms with Crippen molar-refractivity contribution in [2.24, 2.45) is 0 Å². The van der Waals surface area contributed by atoms with Crippen LogP contribution in [-0.4, -0.2) is 37.1 Å². The first-order valence-corrected chi connectivity index (χ1v) is 9.81. The van der Waals surface area contributed by atoms with Crippen molar-refractivity contribution < 1.29 is 9.18 Å². The number of H-pyrrole nitrogens is 1. The number of hydrogen-bond acceptors (Lipinski definition) is 5. The van der Waals surface area contributed by atoms with E-state index in [1.165, 1.54) is 24.5 Å². The number of nitrogens with zero attached hydrogens (tertiary/aromatic N) is 4. The van der Waals surface area contributed by atoms with Gasteiger partial charge < -0.3 is 4.90 Å². The molecule has 30 heavy (non-hydrogen) atoms. The van der Waals surface area contributed by atoms with Gasteiger partial charge in [-0.3, -0.25) is 15.1 Å². The molecule has 2 aliphatic heterocycles. The molecule has 2 atom stereocenters. The summed E-state index contributed by atoms with van der Waals surface area (Å²) in [5.74, 6) is -0.186. The molecule has 5 heterocycles. The van der Waals surface area contributed by atoms with Gasteiger partial charge in [0.2, 0.25) is 0 Å². The number of nitrogens with one attached hydrogen (secondary N) is 2. The summed E-state index contributed by atoms with van der Waals surface area (Å²) < 4.78 is 13.4. The average molecular weight is 427 g/mol. The summed E-state index contributed by atoms with van der Waals surface area (Å²) in [6.45, 7) is 0. The van der Waals surface area contributed by atoms with E-state index in [0.29, 0.717) is 22.6 Å².